The molecule has 0 unspecified atom stereocenters. The van der Waals surface area contributed by atoms with E-state index in [0.717, 1.165) is 0 Å². The van der Waals surface area contributed by atoms with E-state index in [4.69, 9.17) is 14.6 Å². The highest BCUT2D eigenvalue weighted by Gasteiger charge is 2.23. The zero-order chi connectivity index (χ0) is 20.2. The molecule has 0 saturated carbocycles. The Morgan fingerprint density at radius 3 is 2.37 bits per heavy atom. The number of methoxy groups -OCH3 is 2. The lowest BCUT2D eigenvalue weighted by Crippen LogP contribution is -2.20. The zero-order valence-corrected chi connectivity index (χ0v) is 17.3. The molecule has 1 aromatic heterocycles. The molecule has 0 bridgehead atoms. The number of rotatable bonds is 8. The minimum Gasteiger partial charge on any atom is -0.495 e. The van der Waals surface area contributed by atoms with Gasteiger partial charge in [-0.05, 0) is 22.9 Å². The number of primary sulfonamides is 1. The number of anilines is 3. The maximum Gasteiger partial charge on any atom is 0.245 e. The van der Waals surface area contributed by atoms with Crippen molar-refractivity contribution >= 4 is 43.4 Å². The van der Waals surface area contributed by atoms with Crippen LogP contribution in [-0.2, 0) is 10.0 Å². The average molecular weight is 462 g/mol. The van der Waals surface area contributed by atoms with Crippen molar-refractivity contribution in [3.63, 3.8) is 0 Å². The minimum absolute atomic E-state index is 0.0173. The lowest BCUT2D eigenvalue weighted by molar-refractivity contribution is 0.281. The van der Waals surface area contributed by atoms with Crippen LogP contribution in [0.15, 0.2) is 27.7 Å². The number of benzene rings is 1. The second-order valence-electron chi connectivity index (χ2n) is 5.50. The number of hydrogen-bond donors (Lipinski definition) is 4. The van der Waals surface area contributed by atoms with Crippen molar-refractivity contribution < 1.29 is 23.0 Å². The van der Waals surface area contributed by atoms with Crippen LogP contribution in [0.1, 0.15) is 6.92 Å². The van der Waals surface area contributed by atoms with Crippen LogP contribution in [0.2, 0.25) is 0 Å². The largest absolute Gasteiger partial charge is 0.495 e. The third-order valence-corrected chi connectivity index (χ3v) is 4.95. The summed E-state index contributed by atoms with van der Waals surface area (Å²) in [6, 6.07) is 2.67. The number of sulfonamides is 1. The smallest absolute Gasteiger partial charge is 0.245 e. The number of nitrogens with one attached hydrogen (secondary N) is 2. The van der Waals surface area contributed by atoms with Crippen LogP contribution in [0.3, 0.4) is 0 Å². The van der Waals surface area contributed by atoms with Crippen LogP contribution < -0.4 is 25.2 Å². The van der Waals surface area contributed by atoms with E-state index in [0.29, 0.717) is 16.0 Å². The molecule has 1 heterocycles. The molecule has 0 aliphatic rings. The molecule has 27 heavy (non-hydrogen) atoms. The number of halogens is 1. The molecule has 1 atom stereocenters. The number of aromatic nitrogens is 2. The fourth-order valence-electron chi connectivity index (χ4n) is 2.17. The first-order valence-electron chi connectivity index (χ1n) is 7.65. The lowest BCUT2D eigenvalue weighted by atomic mass is 10.2. The zero-order valence-electron chi connectivity index (χ0n) is 14.9. The van der Waals surface area contributed by atoms with E-state index in [-0.39, 0.29) is 35.0 Å². The van der Waals surface area contributed by atoms with Crippen LogP contribution >= 0.6 is 15.9 Å². The van der Waals surface area contributed by atoms with Crippen molar-refractivity contribution in [2.45, 2.75) is 17.9 Å². The Kier molecular flexibility index (Phi) is 6.81. The molecular weight excluding hydrogens is 442 g/mol. The summed E-state index contributed by atoms with van der Waals surface area (Å²) in [6.07, 6.45) is 1.54. The van der Waals surface area contributed by atoms with Gasteiger partial charge in [-0.15, -0.1) is 0 Å². The van der Waals surface area contributed by atoms with Gasteiger partial charge in [-0.2, -0.15) is 4.98 Å². The summed E-state index contributed by atoms with van der Waals surface area (Å²) in [7, 11) is -1.41. The van der Waals surface area contributed by atoms with Gasteiger partial charge in [0.05, 0.1) is 25.3 Å². The second-order valence-corrected chi connectivity index (χ2v) is 7.85. The first kappa shape index (κ1) is 21.2. The van der Waals surface area contributed by atoms with E-state index >= 15 is 0 Å². The number of ether oxygens (including phenoxy) is 2. The van der Waals surface area contributed by atoms with Crippen LogP contribution in [-0.4, -0.2) is 50.4 Å². The van der Waals surface area contributed by atoms with E-state index < -0.39 is 10.0 Å². The molecule has 2 rings (SSSR count). The van der Waals surface area contributed by atoms with Crippen molar-refractivity contribution in [1.29, 1.82) is 0 Å². The average Bonchev–Trinajstić information content (AvgIpc) is 2.62. The molecular formula is C15H20BrN5O5S. The molecule has 10 nitrogen and oxygen atoms in total. The van der Waals surface area contributed by atoms with Crippen LogP contribution in [0.5, 0.6) is 11.5 Å². The second kappa shape index (κ2) is 8.69. The van der Waals surface area contributed by atoms with Gasteiger partial charge < -0.3 is 25.2 Å². The maximum absolute atomic E-state index is 11.8. The SMILES string of the molecule is COc1cc(Nc2ncc(Br)c(N[C@H](C)CO)n2)cc(OC)c1S(N)(=O)=O. The molecule has 148 valence electrons. The first-order valence-corrected chi connectivity index (χ1v) is 9.99. The van der Waals surface area contributed by atoms with Crippen LogP contribution in [0.4, 0.5) is 17.5 Å². The van der Waals surface area contributed by atoms with Gasteiger partial charge in [0.15, 0.2) is 4.90 Å². The summed E-state index contributed by atoms with van der Waals surface area (Å²) < 4.78 is 34.5. The molecule has 0 aliphatic heterocycles. The molecule has 5 N–H and O–H groups in total. The third-order valence-electron chi connectivity index (χ3n) is 3.40. The first-order chi connectivity index (χ1) is 12.7. The summed E-state index contributed by atoms with van der Waals surface area (Å²) in [6.45, 7) is 1.73. The van der Waals surface area contributed by atoms with Crippen molar-refractivity contribution in [2.24, 2.45) is 5.14 Å². The lowest BCUT2D eigenvalue weighted by Gasteiger charge is -2.16. The number of nitrogens with two attached hydrogens (primary N) is 1. The van der Waals surface area contributed by atoms with Gasteiger partial charge in [0.2, 0.25) is 16.0 Å². The van der Waals surface area contributed by atoms with Crippen LogP contribution in [0, 0.1) is 0 Å². The van der Waals surface area contributed by atoms with Crippen molar-refractivity contribution in [1.82, 2.24) is 9.97 Å². The van der Waals surface area contributed by atoms with E-state index in [1.165, 1.54) is 32.5 Å². The fraction of sp³-hybridized carbons (Fsp3) is 0.333. The van der Waals surface area contributed by atoms with E-state index in [1.54, 1.807) is 6.92 Å². The summed E-state index contributed by atoms with van der Waals surface area (Å²) in [5.74, 6) is 0.750. The number of nitrogens with zero attached hydrogens (tertiary/aromatic N) is 2. The molecule has 2 aromatic rings. The highest BCUT2D eigenvalue weighted by Crippen LogP contribution is 2.36. The normalized spacial score (nSPS) is 12.4. The molecule has 0 spiro atoms. The Hall–Kier alpha value is -2.15. The van der Waals surface area contributed by atoms with Crippen molar-refractivity contribution in [3.8, 4) is 11.5 Å². The van der Waals surface area contributed by atoms with Gasteiger partial charge in [0.25, 0.3) is 0 Å². The van der Waals surface area contributed by atoms with Gasteiger partial charge >= 0.3 is 0 Å². The Morgan fingerprint density at radius 1 is 1.30 bits per heavy atom. The van der Waals surface area contributed by atoms with Gasteiger partial charge in [0.1, 0.15) is 17.3 Å². The molecule has 0 saturated heterocycles. The quantitative estimate of drug-likeness (QED) is 0.457. The Bertz CT molecular complexity index is 900. The Morgan fingerprint density at radius 2 is 1.89 bits per heavy atom. The van der Waals surface area contributed by atoms with Crippen molar-refractivity contribution in [2.75, 3.05) is 31.5 Å². The van der Waals surface area contributed by atoms with Gasteiger partial charge in [0, 0.05) is 30.1 Å². The monoisotopic (exact) mass is 461 g/mol. The summed E-state index contributed by atoms with van der Waals surface area (Å²) >= 11 is 3.33. The topological polar surface area (TPSA) is 149 Å². The van der Waals surface area contributed by atoms with E-state index in [2.05, 4.69) is 36.5 Å². The molecule has 12 heteroatoms. The minimum atomic E-state index is -4.06. The number of aliphatic hydroxyl groups excluding tert-OH is 1. The van der Waals surface area contributed by atoms with Gasteiger partial charge in [-0.3, -0.25) is 0 Å². The molecule has 0 fully saturated rings. The summed E-state index contributed by atoms with van der Waals surface area (Å²) in [4.78, 5) is 8.22. The Balaban J connectivity index is 2.42. The van der Waals surface area contributed by atoms with E-state index in [1.807, 2.05) is 0 Å². The highest BCUT2D eigenvalue weighted by molar-refractivity contribution is 9.10. The maximum atomic E-state index is 11.8. The standard InChI is InChI=1S/C15H20BrN5O5S/c1-8(7-22)19-14-10(16)6-18-15(21-14)20-9-4-11(25-2)13(27(17,23)24)12(5-9)26-3/h4-6,8,22H,7H2,1-3H3,(H2,17,23,24)(H2,18,19,20,21)/t8-/m1/s1. The molecule has 1 aromatic carbocycles. The molecule has 0 amide bonds. The van der Waals surface area contributed by atoms with Gasteiger partial charge in [-0.1, -0.05) is 0 Å². The highest BCUT2D eigenvalue weighted by atomic mass is 79.9. The molecule has 0 aliphatic carbocycles. The summed E-state index contributed by atoms with van der Waals surface area (Å²) in [5, 5.41) is 20.4. The summed E-state index contributed by atoms with van der Waals surface area (Å²) in [5.41, 5.74) is 0.430. The van der Waals surface area contributed by atoms with Crippen molar-refractivity contribution in [3.05, 3.63) is 22.8 Å². The number of aliphatic hydroxyl groups is 1. The predicted molar refractivity (Wildman–Crippen MR) is 104 cm³/mol. The fourth-order valence-corrected chi connectivity index (χ4v) is 3.32. The van der Waals surface area contributed by atoms with Crippen LogP contribution in [0.25, 0.3) is 0 Å². The van der Waals surface area contributed by atoms with Gasteiger partial charge in [-0.25, -0.2) is 18.5 Å². The molecule has 0 radical (unpaired) electrons. The number of hydrogen-bond acceptors (Lipinski definition) is 9. The van der Waals surface area contributed by atoms with E-state index in [9.17, 15) is 13.5 Å². The Labute approximate surface area is 165 Å². The third kappa shape index (κ3) is 5.19. The predicted octanol–water partition coefficient (Wildman–Crippen LogP) is 1.44.